The van der Waals surface area contributed by atoms with Gasteiger partial charge in [-0.15, -0.1) is 0 Å². The van der Waals surface area contributed by atoms with E-state index >= 15 is 0 Å². The van der Waals surface area contributed by atoms with Crippen molar-refractivity contribution in [1.29, 1.82) is 0 Å². The van der Waals surface area contributed by atoms with Crippen LogP contribution in [0.25, 0.3) is 10.9 Å². The molecule has 0 saturated carbocycles. The number of fused-ring (bicyclic) bond motifs is 1. The Bertz CT molecular complexity index is 901. The summed E-state index contributed by atoms with van der Waals surface area (Å²) in [4.78, 5) is 17.1. The molecule has 0 bridgehead atoms. The van der Waals surface area contributed by atoms with Crippen LogP contribution in [0.2, 0.25) is 0 Å². The molecular weight excluding hydrogens is 320 g/mol. The summed E-state index contributed by atoms with van der Waals surface area (Å²) in [5.74, 6) is 0.746. The molecule has 0 radical (unpaired) electrons. The lowest BCUT2D eigenvalue weighted by Crippen LogP contribution is -2.38. The van der Waals surface area contributed by atoms with Crippen LogP contribution in [-0.4, -0.2) is 29.7 Å². The lowest BCUT2D eigenvalue weighted by molar-refractivity contribution is 0.0330. The van der Waals surface area contributed by atoms with Gasteiger partial charge in [0.1, 0.15) is 17.1 Å². The SMILES string of the molecule is COc1ccc2nc(C)cc(C(=O)NCC(C)(O)c3ccco3)c2c1. The Labute approximate surface area is 145 Å². The third-order valence-electron chi connectivity index (χ3n) is 4.03. The summed E-state index contributed by atoms with van der Waals surface area (Å²) in [5, 5.41) is 13.9. The van der Waals surface area contributed by atoms with Crippen molar-refractivity contribution >= 4 is 16.8 Å². The van der Waals surface area contributed by atoms with Gasteiger partial charge in [-0.1, -0.05) is 0 Å². The minimum absolute atomic E-state index is 0.0200. The molecule has 6 heteroatoms. The number of rotatable bonds is 5. The van der Waals surface area contributed by atoms with E-state index in [1.165, 1.54) is 6.26 Å². The van der Waals surface area contributed by atoms with E-state index < -0.39 is 5.60 Å². The van der Waals surface area contributed by atoms with Crippen LogP contribution in [-0.2, 0) is 5.60 Å². The molecular formula is C19H20N2O4. The first-order valence-corrected chi connectivity index (χ1v) is 7.90. The van der Waals surface area contributed by atoms with Gasteiger partial charge in [0.15, 0.2) is 0 Å². The number of amides is 1. The van der Waals surface area contributed by atoms with E-state index in [0.717, 1.165) is 5.69 Å². The molecule has 0 fully saturated rings. The normalized spacial score (nSPS) is 13.4. The first-order chi connectivity index (χ1) is 11.9. The van der Waals surface area contributed by atoms with Crippen LogP contribution in [0, 0.1) is 6.92 Å². The summed E-state index contributed by atoms with van der Waals surface area (Å²) in [7, 11) is 1.57. The lowest BCUT2D eigenvalue weighted by Gasteiger charge is -2.21. The minimum Gasteiger partial charge on any atom is -0.497 e. The average molecular weight is 340 g/mol. The number of pyridine rings is 1. The Morgan fingerprint density at radius 2 is 2.16 bits per heavy atom. The number of nitrogens with one attached hydrogen (secondary N) is 1. The van der Waals surface area contributed by atoms with Gasteiger partial charge < -0.3 is 19.6 Å². The van der Waals surface area contributed by atoms with Gasteiger partial charge in [0.25, 0.3) is 5.91 Å². The van der Waals surface area contributed by atoms with E-state index in [-0.39, 0.29) is 12.5 Å². The fourth-order valence-corrected chi connectivity index (χ4v) is 2.67. The molecule has 0 spiro atoms. The molecule has 3 rings (SSSR count). The van der Waals surface area contributed by atoms with Crippen molar-refractivity contribution < 1.29 is 19.1 Å². The van der Waals surface area contributed by atoms with Crippen LogP contribution in [0.5, 0.6) is 5.75 Å². The van der Waals surface area contributed by atoms with Gasteiger partial charge >= 0.3 is 0 Å². The van der Waals surface area contributed by atoms with E-state index in [9.17, 15) is 9.90 Å². The standard InChI is InChI=1S/C19H20N2O4/c1-12-9-15(14-10-13(24-3)6-7-16(14)21-12)18(22)20-11-19(2,23)17-5-4-8-25-17/h4-10,23H,11H2,1-3H3,(H,20,22). The van der Waals surface area contributed by atoms with E-state index in [1.54, 1.807) is 44.4 Å². The fourth-order valence-electron chi connectivity index (χ4n) is 2.67. The van der Waals surface area contributed by atoms with Crippen molar-refractivity contribution in [1.82, 2.24) is 10.3 Å². The van der Waals surface area contributed by atoms with Gasteiger partial charge in [-0.25, -0.2) is 0 Å². The van der Waals surface area contributed by atoms with E-state index in [1.807, 2.05) is 13.0 Å². The fraction of sp³-hybridized carbons (Fsp3) is 0.263. The summed E-state index contributed by atoms with van der Waals surface area (Å²) in [6, 6.07) is 10.5. The van der Waals surface area contributed by atoms with Crippen molar-refractivity contribution in [3.8, 4) is 5.75 Å². The Balaban J connectivity index is 1.89. The summed E-state index contributed by atoms with van der Waals surface area (Å²) in [5.41, 5.74) is 0.635. The summed E-state index contributed by atoms with van der Waals surface area (Å²) in [6.07, 6.45) is 1.48. The summed E-state index contributed by atoms with van der Waals surface area (Å²) < 4.78 is 10.5. The number of aryl methyl sites for hydroxylation is 1. The molecule has 0 aliphatic rings. The molecule has 0 aliphatic carbocycles. The zero-order chi connectivity index (χ0) is 18.0. The summed E-state index contributed by atoms with van der Waals surface area (Å²) in [6.45, 7) is 3.44. The molecule has 1 atom stereocenters. The summed E-state index contributed by atoms with van der Waals surface area (Å²) >= 11 is 0. The molecule has 1 amide bonds. The van der Waals surface area contributed by atoms with Gasteiger partial charge in [0.2, 0.25) is 0 Å². The quantitative estimate of drug-likeness (QED) is 0.746. The molecule has 2 N–H and O–H groups in total. The van der Waals surface area contributed by atoms with Gasteiger partial charge in [0.05, 0.1) is 31.0 Å². The van der Waals surface area contributed by atoms with Gasteiger partial charge in [-0.05, 0) is 50.2 Å². The zero-order valence-electron chi connectivity index (χ0n) is 14.4. The first kappa shape index (κ1) is 17.0. The van der Waals surface area contributed by atoms with Gasteiger partial charge in [0, 0.05) is 11.1 Å². The van der Waals surface area contributed by atoms with Crippen LogP contribution in [0.4, 0.5) is 0 Å². The predicted molar refractivity (Wildman–Crippen MR) is 93.6 cm³/mol. The maximum absolute atomic E-state index is 12.7. The second-order valence-electron chi connectivity index (χ2n) is 6.13. The predicted octanol–water partition coefficient (Wildman–Crippen LogP) is 2.78. The molecule has 6 nitrogen and oxygen atoms in total. The smallest absolute Gasteiger partial charge is 0.252 e. The number of ether oxygens (including phenoxy) is 1. The number of carbonyl (C=O) groups is 1. The van der Waals surface area contributed by atoms with Gasteiger partial charge in [-0.3, -0.25) is 9.78 Å². The van der Waals surface area contributed by atoms with Crippen LogP contribution >= 0.6 is 0 Å². The number of methoxy groups -OCH3 is 1. The highest BCUT2D eigenvalue weighted by atomic mass is 16.5. The van der Waals surface area contributed by atoms with Crippen molar-refractivity contribution in [2.75, 3.05) is 13.7 Å². The lowest BCUT2D eigenvalue weighted by atomic mass is 10.0. The number of nitrogens with zero attached hydrogens (tertiary/aromatic N) is 1. The Morgan fingerprint density at radius 1 is 1.36 bits per heavy atom. The van der Waals surface area contributed by atoms with Crippen LogP contribution < -0.4 is 10.1 Å². The Morgan fingerprint density at radius 3 is 2.84 bits per heavy atom. The number of hydrogen-bond donors (Lipinski definition) is 2. The largest absolute Gasteiger partial charge is 0.497 e. The van der Waals surface area contributed by atoms with Crippen molar-refractivity contribution in [2.24, 2.45) is 0 Å². The topological polar surface area (TPSA) is 84.6 Å². The highest BCUT2D eigenvalue weighted by Gasteiger charge is 2.27. The molecule has 1 aromatic carbocycles. The zero-order valence-corrected chi connectivity index (χ0v) is 14.4. The molecule has 0 aliphatic heterocycles. The Hall–Kier alpha value is -2.86. The molecule has 2 heterocycles. The highest BCUT2D eigenvalue weighted by Crippen LogP contribution is 2.24. The molecule has 1 unspecified atom stereocenters. The van der Waals surface area contributed by atoms with Crippen LogP contribution in [0.1, 0.15) is 28.7 Å². The number of carbonyl (C=O) groups excluding carboxylic acids is 1. The van der Waals surface area contributed by atoms with E-state index in [2.05, 4.69) is 10.3 Å². The maximum Gasteiger partial charge on any atom is 0.252 e. The minimum atomic E-state index is -1.30. The highest BCUT2D eigenvalue weighted by molar-refractivity contribution is 6.06. The van der Waals surface area contributed by atoms with E-state index in [0.29, 0.717) is 28.0 Å². The number of aromatic nitrogens is 1. The average Bonchev–Trinajstić information content (AvgIpc) is 3.14. The Kier molecular flexibility index (Phi) is 4.46. The van der Waals surface area contributed by atoms with Crippen LogP contribution in [0.3, 0.4) is 0 Å². The second kappa shape index (κ2) is 6.57. The number of benzene rings is 1. The monoisotopic (exact) mass is 340 g/mol. The van der Waals surface area contributed by atoms with E-state index in [4.69, 9.17) is 9.15 Å². The number of furan rings is 1. The van der Waals surface area contributed by atoms with Crippen molar-refractivity contribution in [2.45, 2.75) is 19.4 Å². The molecule has 25 heavy (non-hydrogen) atoms. The number of hydrogen-bond acceptors (Lipinski definition) is 5. The molecule has 3 aromatic rings. The van der Waals surface area contributed by atoms with Crippen molar-refractivity contribution in [3.05, 3.63) is 59.7 Å². The molecule has 130 valence electrons. The van der Waals surface area contributed by atoms with Crippen molar-refractivity contribution in [3.63, 3.8) is 0 Å². The van der Waals surface area contributed by atoms with Gasteiger partial charge in [-0.2, -0.15) is 0 Å². The van der Waals surface area contributed by atoms with Crippen LogP contribution in [0.15, 0.2) is 47.1 Å². The molecule has 0 saturated heterocycles. The number of aliphatic hydroxyl groups is 1. The second-order valence-corrected chi connectivity index (χ2v) is 6.13. The first-order valence-electron chi connectivity index (χ1n) is 7.90. The third-order valence-corrected chi connectivity index (χ3v) is 4.03. The maximum atomic E-state index is 12.7. The third kappa shape index (κ3) is 3.49. The molecule has 2 aromatic heterocycles.